The van der Waals surface area contributed by atoms with E-state index in [0.717, 1.165) is 16.7 Å². The Morgan fingerprint density at radius 2 is 1.19 bits per heavy atom. The average Bonchev–Trinajstić information content (AvgIpc) is 2.68. The third-order valence-electron chi connectivity index (χ3n) is 4.94. The first-order valence-corrected chi connectivity index (χ1v) is 9.53. The molecule has 3 aromatic carbocycles. The molecule has 0 aliphatic heterocycles. The molecule has 2 atom stereocenters. The normalized spacial score (nSPS) is 13.2. The van der Waals surface area contributed by atoms with E-state index in [9.17, 15) is 4.79 Å². The van der Waals surface area contributed by atoms with Gasteiger partial charge < -0.3 is 5.32 Å². The first-order valence-electron chi connectivity index (χ1n) is 9.53. The van der Waals surface area contributed by atoms with Crippen molar-refractivity contribution in [3.05, 3.63) is 107 Å². The van der Waals surface area contributed by atoms with Crippen LogP contribution in [0.3, 0.4) is 0 Å². The molecule has 138 valence electrons. The van der Waals surface area contributed by atoms with Crippen LogP contribution < -0.4 is 5.32 Å². The molecule has 0 aromatic heterocycles. The molecule has 2 heteroatoms. The second kappa shape index (κ2) is 8.68. The molecule has 0 aliphatic rings. The van der Waals surface area contributed by atoms with E-state index in [-0.39, 0.29) is 23.8 Å². The average molecular weight is 357 g/mol. The monoisotopic (exact) mass is 357 g/mol. The standard InChI is InChI=1S/C25H27NO/c1-18(2)23(20-10-6-4-7-11-20)25(27)26-24(21-12-8-5-9-13-21)22-16-14-19(3)15-17-22/h4-18,23-24H,1-3H3,(H,26,27)/t23-,24+/m0/s1. The van der Waals surface area contributed by atoms with E-state index in [2.05, 4.69) is 62.5 Å². The Kier molecular flexibility index (Phi) is 6.08. The van der Waals surface area contributed by atoms with Gasteiger partial charge in [0.2, 0.25) is 5.91 Å². The minimum absolute atomic E-state index is 0.0608. The van der Waals surface area contributed by atoms with Gasteiger partial charge in [-0.15, -0.1) is 0 Å². The van der Waals surface area contributed by atoms with Crippen molar-refractivity contribution in [1.29, 1.82) is 0 Å². The highest BCUT2D eigenvalue weighted by molar-refractivity contribution is 5.84. The summed E-state index contributed by atoms with van der Waals surface area (Å²) >= 11 is 0. The van der Waals surface area contributed by atoms with Crippen LogP contribution in [-0.4, -0.2) is 5.91 Å². The first kappa shape index (κ1) is 18.9. The summed E-state index contributed by atoms with van der Waals surface area (Å²) in [6.45, 7) is 6.27. The maximum Gasteiger partial charge on any atom is 0.228 e. The SMILES string of the molecule is Cc1ccc([C@H](NC(=O)[C@H](c2ccccc2)C(C)C)c2ccccc2)cc1. The Balaban J connectivity index is 1.93. The molecule has 3 rings (SSSR count). The molecule has 2 nitrogen and oxygen atoms in total. The number of hydrogen-bond donors (Lipinski definition) is 1. The van der Waals surface area contributed by atoms with Crippen LogP contribution >= 0.6 is 0 Å². The van der Waals surface area contributed by atoms with Gasteiger partial charge in [-0.25, -0.2) is 0 Å². The van der Waals surface area contributed by atoms with Crippen molar-refractivity contribution in [2.75, 3.05) is 0 Å². The number of nitrogens with one attached hydrogen (secondary N) is 1. The molecule has 27 heavy (non-hydrogen) atoms. The first-order chi connectivity index (χ1) is 13.1. The van der Waals surface area contributed by atoms with Crippen LogP contribution in [0.4, 0.5) is 0 Å². The second-order valence-corrected chi connectivity index (χ2v) is 7.40. The van der Waals surface area contributed by atoms with Crippen molar-refractivity contribution in [3.8, 4) is 0 Å². The number of hydrogen-bond acceptors (Lipinski definition) is 1. The number of rotatable bonds is 6. The highest BCUT2D eigenvalue weighted by atomic mass is 16.2. The van der Waals surface area contributed by atoms with Crippen LogP contribution in [0, 0.1) is 12.8 Å². The maximum absolute atomic E-state index is 13.3. The maximum atomic E-state index is 13.3. The Morgan fingerprint density at radius 3 is 1.70 bits per heavy atom. The van der Waals surface area contributed by atoms with E-state index in [1.54, 1.807) is 0 Å². The number of benzene rings is 3. The van der Waals surface area contributed by atoms with Gasteiger partial charge in [-0.1, -0.05) is 104 Å². The summed E-state index contributed by atoms with van der Waals surface area (Å²) in [5.41, 5.74) is 4.45. The van der Waals surface area contributed by atoms with Crippen LogP contribution in [0.15, 0.2) is 84.9 Å². The van der Waals surface area contributed by atoms with E-state index in [1.807, 2.05) is 48.5 Å². The number of carbonyl (C=O) groups is 1. The molecule has 1 N–H and O–H groups in total. The summed E-state index contributed by atoms with van der Waals surface area (Å²) in [6, 6.07) is 28.4. The van der Waals surface area contributed by atoms with Crippen molar-refractivity contribution >= 4 is 5.91 Å². The highest BCUT2D eigenvalue weighted by Gasteiger charge is 2.27. The van der Waals surface area contributed by atoms with Gasteiger partial charge in [-0.05, 0) is 29.5 Å². The predicted molar refractivity (Wildman–Crippen MR) is 112 cm³/mol. The van der Waals surface area contributed by atoms with Gasteiger partial charge in [-0.3, -0.25) is 4.79 Å². The molecule has 0 aliphatic carbocycles. The number of aryl methyl sites for hydroxylation is 1. The lowest BCUT2D eigenvalue weighted by molar-refractivity contribution is -0.124. The smallest absolute Gasteiger partial charge is 0.228 e. The zero-order valence-electron chi connectivity index (χ0n) is 16.2. The highest BCUT2D eigenvalue weighted by Crippen LogP contribution is 2.28. The molecule has 3 aromatic rings. The van der Waals surface area contributed by atoms with E-state index < -0.39 is 0 Å². The van der Waals surface area contributed by atoms with Crippen molar-refractivity contribution < 1.29 is 4.79 Å². The van der Waals surface area contributed by atoms with E-state index in [1.165, 1.54) is 5.56 Å². The lowest BCUT2D eigenvalue weighted by Gasteiger charge is -2.26. The van der Waals surface area contributed by atoms with Crippen molar-refractivity contribution in [2.45, 2.75) is 32.7 Å². The zero-order valence-corrected chi connectivity index (χ0v) is 16.2. The number of amides is 1. The topological polar surface area (TPSA) is 29.1 Å². The third kappa shape index (κ3) is 4.65. The summed E-state index contributed by atoms with van der Waals surface area (Å²) in [5, 5.41) is 3.31. The lowest BCUT2D eigenvalue weighted by atomic mass is 9.87. The Bertz CT molecular complexity index is 854. The zero-order chi connectivity index (χ0) is 19.2. The number of carbonyl (C=O) groups excluding carboxylic acids is 1. The molecule has 0 radical (unpaired) electrons. The summed E-state index contributed by atoms with van der Waals surface area (Å²) in [6.07, 6.45) is 0. The van der Waals surface area contributed by atoms with E-state index in [4.69, 9.17) is 0 Å². The Hall–Kier alpha value is -2.87. The largest absolute Gasteiger partial charge is 0.345 e. The summed E-state index contributed by atoms with van der Waals surface area (Å²) in [7, 11) is 0. The molecule has 0 bridgehead atoms. The summed E-state index contributed by atoms with van der Waals surface area (Å²) in [5.74, 6) is 0.0929. The fourth-order valence-corrected chi connectivity index (χ4v) is 3.49. The molecule has 0 spiro atoms. The molecular formula is C25H27NO. The Labute approximate surface area is 162 Å². The van der Waals surface area contributed by atoms with Gasteiger partial charge in [-0.2, -0.15) is 0 Å². The molecule has 0 saturated heterocycles. The fraction of sp³-hybridized carbons (Fsp3) is 0.240. The van der Waals surface area contributed by atoms with Crippen molar-refractivity contribution in [1.82, 2.24) is 5.32 Å². The van der Waals surface area contributed by atoms with Crippen LogP contribution in [-0.2, 0) is 4.79 Å². The Morgan fingerprint density at radius 1 is 0.704 bits per heavy atom. The predicted octanol–water partition coefficient (Wildman–Crippen LogP) is 5.64. The van der Waals surface area contributed by atoms with Crippen molar-refractivity contribution in [2.24, 2.45) is 5.92 Å². The third-order valence-corrected chi connectivity index (χ3v) is 4.94. The quantitative estimate of drug-likeness (QED) is 0.608. The van der Waals surface area contributed by atoms with E-state index in [0.29, 0.717) is 0 Å². The molecule has 0 fully saturated rings. The van der Waals surface area contributed by atoms with Gasteiger partial charge in [0.15, 0.2) is 0 Å². The van der Waals surface area contributed by atoms with Gasteiger partial charge in [0.1, 0.15) is 0 Å². The fourth-order valence-electron chi connectivity index (χ4n) is 3.49. The second-order valence-electron chi connectivity index (χ2n) is 7.40. The van der Waals surface area contributed by atoms with Gasteiger partial charge in [0, 0.05) is 0 Å². The molecular weight excluding hydrogens is 330 g/mol. The molecule has 0 heterocycles. The van der Waals surface area contributed by atoms with Gasteiger partial charge in [0.25, 0.3) is 0 Å². The van der Waals surface area contributed by atoms with Crippen LogP contribution in [0.5, 0.6) is 0 Å². The van der Waals surface area contributed by atoms with Gasteiger partial charge in [0.05, 0.1) is 12.0 Å². The summed E-state index contributed by atoms with van der Waals surface area (Å²) < 4.78 is 0. The van der Waals surface area contributed by atoms with Crippen LogP contribution in [0.2, 0.25) is 0 Å². The minimum atomic E-state index is -0.178. The molecule has 0 saturated carbocycles. The summed E-state index contributed by atoms with van der Waals surface area (Å²) in [4.78, 5) is 13.3. The van der Waals surface area contributed by atoms with Crippen molar-refractivity contribution in [3.63, 3.8) is 0 Å². The molecule has 1 amide bonds. The molecule has 0 unspecified atom stereocenters. The van der Waals surface area contributed by atoms with Crippen LogP contribution in [0.25, 0.3) is 0 Å². The van der Waals surface area contributed by atoms with Gasteiger partial charge >= 0.3 is 0 Å². The minimum Gasteiger partial charge on any atom is -0.345 e. The lowest BCUT2D eigenvalue weighted by Crippen LogP contribution is -2.35. The van der Waals surface area contributed by atoms with E-state index >= 15 is 0 Å². The van der Waals surface area contributed by atoms with Crippen LogP contribution in [0.1, 0.15) is 48.1 Å².